The number of rotatable bonds is 5. The van der Waals surface area contributed by atoms with Crippen LogP contribution in [-0.4, -0.2) is 13.1 Å². The minimum atomic E-state index is 0.142. The molecule has 1 N–H and O–H groups in total. The van der Waals surface area contributed by atoms with Crippen molar-refractivity contribution in [3.05, 3.63) is 46.0 Å². The molecule has 0 spiro atoms. The fourth-order valence-electron chi connectivity index (χ4n) is 2.61. The van der Waals surface area contributed by atoms with Crippen molar-refractivity contribution in [2.75, 3.05) is 13.1 Å². The Morgan fingerprint density at radius 2 is 1.84 bits per heavy atom. The maximum Gasteiger partial charge on any atom is 0.0595 e. The fraction of sp³-hybridized carbons (Fsp3) is 0.500. The molecule has 1 aliphatic carbocycles. The van der Waals surface area contributed by atoms with Crippen molar-refractivity contribution in [2.24, 2.45) is 5.92 Å². The highest BCUT2D eigenvalue weighted by molar-refractivity contribution is 6.42. The van der Waals surface area contributed by atoms with E-state index in [-0.39, 0.29) is 5.41 Å². The largest absolute Gasteiger partial charge is 0.316 e. The van der Waals surface area contributed by atoms with Crippen LogP contribution >= 0.6 is 23.2 Å². The molecule has 0 saturated heterocycles. The van der Waals surface area contributed by atoms with Crippen LogP contribution in [0.4, 0.5) is 0 Å². The summed E-state index contributed by atoms with van der Waals surface area (Å²) in [4.78, 5) is 0. The Bertz CT molecular complexity index is 458. The molecular weight excluding hydrogens is 277 g/mol. The van der Waals surface area contributed by atoms with Crippen LogP contribution in [0.5, 0.6) is 0 Å². The van der Waals surface area contributed by atoms with Gasteiger partial charge in [0.15, 0.2) is 0 Å². The van der Waals surface area contributed by atoms with Crippen molar-refractivity contribution >= 4 is 23.2 Å². The summed E-state index contributed by atoms with van der Waals surface area (Å²) in [6.07, 6.45) is 6.66. The maximum absolute atomic E-state index is 6.17. The maximum atomic E-state index is 6.17. The molecule has 3 heteroatoms. The zero-order valence-corrected chi connectivity index (χ0v) is 13.1. The fourth-order valence-corrected chi connectivity index (χ4v) is 2.91. The SMILES string of the molecule is CC(C)CNCC1(c2ccc(Cl)c(Cl)c2)CC=CC1. The zero-order valence-electron chi connectivity index (χ0n) is 11.5. The van der Waals surface area contributed by atoms with Gasteiger partial charge in [0.1, 0.15) is 0 Å². The third-order valence-electron chi connectivity index (χ3n) is 3.73. The Kier molecular flexibility index (Phi) is 4.94. The molecule has 19 heavy (non-hydrogen) atoms. The van der Waals surface area contributed by atoms with Crippen LogP contribution < -0.4 is 5.32 Å². The van der Waals surface area contributed by atoms with E-state index >= 15 is 0 Å². The minimum absolute atomic E-state index is 0.142. The summed E-state index contributed by atoms with van der Waals surface area (Å²) >= 11 is 12.2. The van der Waals surface area contributed by atoms with Gasteiger partial charge in [-0.05, 0) is 43.0 Å². The molecule has 2 rings (SSSR count). The molecule has 0 aromatic heterocycles. The Morgan fingerprint density at radius 3 is 2.42 bits per heavy atom. The highest BCUT2D eigenvalue weighted by Crippen LogP contribution is 2.38. The Labute approximate surface area is 126 Å². The third-order valence-corrected chi connectivity index (χ3v) is 4.47. The first-order valence-electron chi connectivity index (χ1n) is 6.85. The van der Waals surface area contributed by atoms with Crippen LogP contribution in [0.25, 0.3) is 0 Å². The highest BCUT2D eigenvalue weighted by atomic mass is 35.5. The highest BCUT2D eigenvalue weighted by Gasteiger charge is 2.32. The molecule has 0 bridgehead atoms. The van der Waals surface area contributed by atoms with Crippen LogP contribution in [0.15, 0.2) is 30.4 Å². The van der Waals surface area contributed by atoms with E-state index in [1.165, 1.54) is 5.56 Å². The van der Waals surface area contributed by atoms with Gasteiger partial charge in [-0.3, -0.25) is 0 Å². The van der Waals surface area contributed by atoms with Gasteiger partial charge < -0.3 is 5.32 Å². The van der Waals surface area contributed by atoms with Crippen molar-refractivity contribution in [1.82, 2.24) is 5.32 Å². The lowest BCUT2D eigenvalue weighted by Crippen LogP contribution is -2.37. The van der Waals surface area contributed by atoms with Gasteiger partial charge in [0.05, 0.1) is 10.0 Å². The molecule has 0 heterocycles. The number of hydrogen-bond donors (Lipinski definition) is 1. The number of hydrogen-bond acceptors (Lipinski definition) is 1. The molecule has 1 aliphatic rings. The molecular formula is C16H21Cl2N. The molecule has 0 radical (unpaired) electrons. The normalized spacial score (nSPS) is 17.3. The number of allylic oxidation sites excluding steroid dienone is 2. The summed E-state index contributed by atoms with van der Waals surface area (Å²) in [7, 11) is 0. The van der Waals surface area contributed by atoms with E-state index in [0.717, 1.165) is 25.9 Å². The van der Waals surface area contributed by atoms with E-state index in [1.807, 2.05) is 12.1 Å². The molecule has 0 amide bonds. The average molecular weight is 298 g/mol. The summed E-state index contributed by atoms with van der Waals surface area (Å²) in [6.45, 7) is 6.48. The van der Waals surface area contributed by atoms with Gasteiger partial charge in [-0.15, -0.1) is 0 Å². The van der Waals surface area contributed by atoms with Crippen LogP contribution in [0, 0.1) is 5.92 Å². The zero-order chi connectivity index (χ0) is 13.9. The minimum Gasteiger partial charge on any atom is -0.316 e. The molecule has 0 aliphatic heterocycles. The lowest BCUT2D eigenvalue weighted by molar-refractivity contribution is 0.402. The summed E-state index contributed by atoms with van der Waals surface area (Å²) in [5.74, 6) is 0.667. The molecule has 0 saturated carbocycles. The predicted molar refractivity (Wildman–Crippen MR) is 84.2 cm³/mol. The van der Waals surface area contributed by atoms with Crippen molar-refractivity contribution in [1.29, 1.82) is 0 Å². The molecule has 104 valence electrons. The standard InChI is InChI=1S/C16H21Cl2N/c1-12(2)10-19-11-16(7-3-4-8-16)13-5-6-14(17)15(18)9-13/h3-6,9,12,19H,7-8,10-11H2,1-2H3. The van der Waals surface area contributed by atoms with Gasteiger partial charge >= 0.3 is 0 Å². The average Bonchev–Trinajstić information content (AvgIpc) is 2.82. The van der Waals surface area contributed by atoms with E-state index in [0.29, 0.717) is 16.0 Å². The number of nitrogens with one attached hydrogen (secondary N) is 1. The lowest BCUT2D eigenvalue weighted by Gasteiger charge is -2.31. The third kappa shape index (κ3) is 3.53. The molecule has 1 aromatic rings. The lowest BCUT2D eigenvalue weighted by atomic mass is 9.78. The smallest absolute Gasteiger partial charge is 0.0595 e. The predicted octanol–water partition coefficient (Wildman–Crippen LogP) is 4.83. The molecule has 0 fully saturated rings. The molecule has 1 aromatic carbocycles. The van der Waals surface area contributed by atoms with Crippen LogP contribution in [0.2, 0.25) is 10.0 Å². The Morgan fingerprint density at radius 1 is 1.16 bits per heavy atom. The number of halogens is 2. The Balaban J connectivity index is 2.16. The van der Waals surface area contributed by atoms with Gasteiger partial charge in [-0.2, -0.15) is 0 Å². The summed E-state index contributed by atoms with van der Waals surface area (Å²) in [5, 5.41) is 4.86. The second kappa shape index (κ2) is 6.30. The van der Waals surface area contributed by atoms with E-state index in [1.54, 1.807) is 0 Å². The summed E-state index contributed by atoms with van der Waals surface area (Å²) in [5.41, 5.74) is 1.42. The van der Waals surface area contributed by atoms with E-state index in [9.17, 15) is 0 Å². The quantitative estimate of drug-likeness (QED) is 0.768. The first kappa shape index (κ1) is 14.9. The van der Waals surface area contributed by atoms with Crippen molar-refractivity contribution in [2.45, 2.75) is 32.1 Å². The van der Waals surface area contributed by atoms with Gasteiger partial charge in [-0.1, -0.05) is 55.3 Å². The summed E-state index contributed by atoms with van der Waals surface area (Å²) in [6, 6.07) is 6.04. The molecule has 1 nitrogen and oxygen atoms in total. The first-order chi connectivity index (χ1) is 9.03. The van der Waals surface area contributed by atoms with E-state index < -0.39 is 0 Å². The Hall–Kier alpha value is -0.500. The first-order valence-corrected chi connectivity index (χ1v) is 7.60. The summed E-state index contributed by atoms with van der Waals surface area (Å²) < 4.78 is 0. The van der Waals surface area contributed by atoms with Gasteiger partial charge in [0, 0.05) is 12.0 Å². The van der Waals surface area contributed by atoms with Crippen molar-refractivity contribution in [3.63, 3.8) is 0 Å². The van der Waals surface area contributed by atoms with Crippen molar-refractivity contribution < 1.29 is 0 Å². The van der Waals surface area contributed by atoms with Crippen LogP contribution in [0.1, 0.15) is 32.3 Å². The monoisotopic (exact) mass is 297 g/mol. The van der Waals surface area contributed by atoms with Gasteiger partial charge in [0.2, 0.25) is 0 Å². The van der Waals surface area contributed by atoms with E-state index in [4.69, 9.17) is 23.2 Å². The van der Waals surface area contributed by atoms with E-state index in [2.05, 4.69) is 37.4 Å². The molecule has 0 unspecified atom stereocenters. The van der Waals surface area contributed by atoms with Crippen LogP contribution in [-0.2, 0) is 5.41 Å². The van der Waals surface area contributed by atoms with Gasteiger partial charge in [-0.25, -0.2) is 0 Å². The number of benzene rings is 1. The second-order valence-corrected chi connectivity index (χ2v) is 6.63. The van der Waals surface area contributed by atoms with Gasteiger partial charge in [0.25, 0.3) is 0 Å². The second-order valence-electron chi connectivity index (χ2n) is 5.81. The molecule has 0 atom stereocenters. The van der Waals surface area contributed by atoms with Crippen LogP contribution in [0.3, 0.4) is 0 Å². The topological polar surface area (TPSA) is 12.0 Å². The van der Waals surface area contributed by atoms with Crippen molar-refractivity contribution in [3.8, 4) is 0 Å².